The zero-order valence-corrected chi connectivity index (χ0v) is 15.2. The molecular weight excluding hydrogens is 349 g/mol. The topological polar surface area (TPSA) is 83.9 Å². The molecule has 0 radical (unpaired) electrons. The lowest BCUT2D eigenvalue weighted by Crippen LogP contribution is -2.37. The molecule has 3 aromatic rings. The van der Waals surface area contributed by atoms with Crippen LogP contribution in [0.1, 0.15) is 36.1 Å². The van der Waals surface area contributed by atoms with Crippen LogP contribution >= 0.6 is 0 Å². The van der Waals surface area contributed by atoms with Gasteiger partial charge in [-0.1, -0.05) is 0 Å². The number of hydrogen-bond donors (Lipinski definition) is 1. The van der Waals surface area contributed by atoms with Gasteiger partial charge in [-0.3, -0.25) is 9.36 Å². The molecule has 3 heterocycles. The SMILES string of the molecule is Cc1cc(C)n(CC(=O)N2CCC[C@@H]2c2nc3ccc(F)cc3[nH]2)c(=O)n1. The van der Waals surface area contributed by atoms with Crippen molar-refractivity contribution in [1.82, 2.24) is 24.4 Å². The first-order valence-corrected chi connectivity index (χ1v) is 8.92. The lowest BCUT2D eigenvalue weighted by Gasteiger charge is -2.24. The predicted octanol–water partition coefficient (Wildman–Crippen LogP) is 2.24. The van der Waals surface area contributed by atoms with Crippen LogP contribution in [-0.4, -0.2) is 36.9 Å². The van der Waals surface area contributed by atoms with E-state index in [1.807, 2.05) is 0 Å². The Morgan fingerprint density at radius 2 is 2.11 bits per heavy atom. The standard InChI is InChI=1S/C19H20FN5O2/c1-11-8-12(2)25(19(27)21-11)10-17(26)24-7-3-4-16(24)18-22-14-6-5-13(20)9-15(14)23-18/h5-6,8-9,16H,3-4,7,10H2,1-2H3,(H,22,23)/t16-/m1/s1. The van der Waals surface area contributed by atoms with Crippen LogP contribution in [0.15, 0.2) is 29.1 Å². The van der Waals surface area contributed by atoms with E-state index in [0.717, 1.165) is 12.8 Å². The van der Waals surface area contributed by atoms with Gasteiger partial charge in [0.1, 0.15) is 18.2 Å². The van der Waals surface area contributed by atoms with Gasteiger partial charge in [-0.05, 0) is 51.0 Å². The van der Waals surface area contributed by atoms with Gasteiger partial charge in [-0.2, -0.15) is 4.98 Å². The number of hydrogen-bond acceptors (Lipinski definition) is 4. The summed E-state index contributed by atoms with van der Waals surface area (Å²) in [5.74, 6) is 0.159. The summed E-state index contributed by atoms with van der Waals surface area (Å²) < 4.78 is 14.8. The third kappa shape index (κ3) is 3.22. The number of halogens is 1. The number of benzene rings is 1. The number of likely N-dealkylation sites (tertiary alicyclic amines) is 1. The van der Waals surface area contributed by atoms with Crippen LogP contribution in [0.3, 0.4) is 0 Å². The Kier molecular flexibility index (Phi) is 4.25. The Morgan fingerprint density at radius 1 is 1.30 bits per heavy atom. The number of fused-ring (bicyclic) bond motifs is 1. The number of imidazole rings is 1. The smallest absolute Gasteiger partial charge is 0.340 e. The number of nitrogens with zero attached hydrogens (tertiary/aromatic N) is 4. The summed E-state index contributed by atoms with van der Waals surface area (Å²) in [4.78, 5) is 38.3. The van der Waals surface area contributed by atoms with Crippen molar-refractivity contribution in [2.75, 3.05) is 6.54 Å². The van der Waals surface area contributed by atoms with Crippen LogP contribution in [0.2, 0.25) is 0 Å². The Balaban J connectivity index is 1.61. The van der Waals surface area contributed by atoms with E-state index in [2.05, 4.69) is 15.0 Å². The summed E-state index contributed by atoms with van der Waals surface area (Å²) in [6, 6.07) is 5.96. The number of H-pyrrole nitrogens is 1. The molecule has 1 saturated heterocycles. The average molecular weight is 369 g/mol. The Hall–Kier alpha value is -3.03. The van der Waals surface area contributed by atoms with Crippen molar-refractivity contribution in [2.24, 2.45) is 0 Å². The van der Waals surface area contributed by atoms with E-state index in [1.165, 1.54) is 16.7 Å². The van der Waals surface area contributed by atoms with Gasteiger partial charge < -0.3 is 9.88 Å². The lowest BCUT2D eigenvalue weighted by atomic mass is 10.2. The zero-order valence-electron chi connectivity index (χ0n) is 15.2. The molecule has 1 aliphatic rings. The Morgan fingerprint density at radius 3 is 2.89 bits per heavy atom. The first-order valence-electron chi connectivity index (χ1n) is 8.92. The molecule has 1 fully saturated rings. The fourth-order valence-corrected chi connectivity index (χ4v) is 3.70. The quantitative estimate of drug-likeness (QED) is 0.767. The maximum atomic E-state index is 13.4. The van der Waals surface area contributed by atoms with Crippen LogP contribution in [0.4, 0.5) is 4.39 Å². The van der Waals surface area contributed by atoms with Gasteiger partial charge in [0, 0.05) is 17.9 Å². The third-order valence-corrected chi connectivity index (χ3v) is 4.99. The van der Waals surface area contributed by atoms with Crippen LogP contribution in [-0.2, 0) is 11.3 Å². The first-order chi connectivity index (χ1) is 12.9. The van der Waals surface area contributed by atoms with Crippen LogP contribution in [0, 0.1) is 19.7 Å². The highest BCUT2D eigenvalue weighted by Gasteiger charge is 2.32. The van der Waals surface area contributed by atoms with Gasteiger partial charge in [-0.15, -0.1) is 0 Å². The van der Waals surface area contributed by atoms with E-state index in [1.54, 1.807) is 30.9 Å². The van der Waals surface area contributed by atoms with E-state index in [4.69, 9.17) is 0 Å². The number of carbonyl (C=O) groups excluding carboxylic acids is 1. The van der Waals surface area contributed by atoms with Crippen molar-refractivity contribution in [3.05, 3.63) is 57.8 Å². The molecule has 8 heteroatoms. The van der Waals surface area contributed by atoms with E-state index in [9.17, 15) is 14.0 Å². The molecule has 1 amide bonds. The molecule has 0 aliphatic carbocycles. The number of aryl methyl sites for hydroxylation is 2. The molecule has 1 N–H and O–H groups in total. The molecule has 7 nitrogen and oxygen atoms in total. The summed E-state index contributed by atoms with van der Waals surface area (Å²) in [6.45, 7) is 4.09. The summed E-state index contributed by atoms with van der Waals surface area (Å²) in [5, 5.41) is 0. The molecule has 0 spiro atoms. The summed E-state index contributed by atoms with van der Waals surface area (Å²) in [6.07, 6.45) is 1.62. The van der Waals surface area contributed by atoms with E-state index < -0.39 is 5.69 Å². The number of nitrogens with one attached hydrogen (secondary N) is 1. The van der Waals surface area contributed by atoms with Crippen LogP contribution in [0.25, 0.3) is 11.0 Å². The van der Waals surface area contributed by atoms with E-state index >= 15 is 0 Å². The molecule has 140 valence electrons. The minimum atomic E-state index is -0.421. The van der Waals surface area contributed by atoms with Crippen molar-refractivity contribution in [1.29, 1.82) is 0 Å². The van der Waals surface area contributed by atoms with Gasteiger partial charge in [0.15, 0.2) is 0 Å². The normalized spacial score (nSPS) is 17.0. The number of aromatic nitrogens is 4. The number of aromatic amines is 1. The van der Waals surface area contributed by atoms with Crippen molar-refractivity contribution in [3.63, 3.8) is 0 Å². The van der Waals surface area contributed by atoms with E-state index in [-0.39, 0.29) is 24.3 Å². The van der Waals surface area contributed by atoms with Gasteiger partial charge in [0.25, 0.3) is 0 Å². The van der Waals surface area contributed by atoms with Crippen molar-refractivity contribution in [3.8, 4) is 0 Å². The molecular formula is C19H20FN5O2. The second-order valence-corrected chi connectivity index (χ2v) is 6.94. The highest BCUT2D eigenvalue weighted by Crippen LogP contribution is 2.31. The maximum absolute atomic E-state index is 13.4. The molecule has 0 saturated carbocycles. The highest BCUT2D eigenvalue weighted by atomic mass is 19.1. The molecule has 1 aliphatic heterocycles. The average Bonchev–Trinajstić information content (AvgIpc) is 3.23. The molecule has 1 atom stereocenters. The molecule has 1 aromatic carbocycles. The summed E-state index contributed by atoms with van der Waals surface area (Å²) >= 11 is 0. The van der Waals surface area contributed by atoms with Crippen LogP contribution < -0.4 is 5.69 Å². The van der Waals surface area contributed by atoms with Crippen molar-refractivity contribution < 1.29 is 9.18 Å². The maximum Gasteiger partial charge on any atom is 0.348 e. The highest BCUT2D eigenvalue weighted by molar-refractivity contribution is 5.78. The summed E-state index contributed by atoms with van der Waals surface area (Å²) in [7, 11) is 0. The third-order valence-electron chi connectivity index (χ3n) is 4.99. The molecule has 0 bridgehead atoms. The fraction of sp³-hybridized carbons (Fsp3) is 0.368. The lowest BCUT2D eigenvalue weighted by molar-refractivity contribution is -0.133. The molecule has 0 unspecified atom stereocenters. The molecule has 2 aromatic heterocycles. The Labute approximate surface area is 154 Å². The predicted molar refractivity (Wildman–Crippen MR) is 97.7 cm³/mol. The van der Waals surface area contributed by atoms with Gasteiger partial charge in [-0.25, -0.2) is 14.2 Å². The van der Waals surface area contributed by atoms with Crippen LogP contribution in [0.5, 0.6) is 0 Å². The largest absolute Gasteiger partial charge is 0.348 e. The number of amides is 1. The second-order valence-electron chi connectivity index (χ2n) is 6.94. The van der Waals surface area contributed by atoms with Gasteiger partial charge in [0.2, 0.25) is 5.91 Å². The summed E-state index contributed by atoms with van der Waals surface area (Å²) in [5.41, 5.74) is 2.20. The number of rotatable bonds is 3. The zero-order chi connectivity index (χ0) is 19.1. The first kappa shape index (κ1) is 17.4. The monoisotopic (exact) mass is 369 g/mol. The second kappa shape index (κ2) is 6.61. The van der Waals surface area contributed by atoms with E-state index in [0.29, 0.717) is 34.8 Å². The molecule has 4 rings (SSSR count). The fourth-order valence-electron chi connectivity index (χ4n) is 3.70. The minimum absolute atomic E-state index is 0.0523. The number of carbonyl (C=O) groups is 1. The Bertz CT molecular complexity index is 1090. The van der Waals surface area contributed by atoms with Crippen molar-refractivity contribution >= 4 is 16.9 Å². The van der Waals surface area contributed by atoms with Gasteiger partial charge >= 0.3 is 5.69 Å². The molecule has 27 heavy (non-hydrogen) atoms. The van der Waals surface area contributed by atoms with Gasteiger partial charge in [0.05, 0.1) is 17.1 Å². The minimum Gasteiger partial charge on any atom is -0.340 e. The van der Waals surface area contributed by atoms with Crippen molar-refractivity contribution in [2.45, 2.75) is 39.3 Å².